The molecule has 0 aliphatic carbocycles. The molecule has 1 rings (SSSR count). The number of aliphatic carboxylic acids is 1. The van der Waals surface area contributed by atoms with E-state index in [1.54, 1.807) is 6.92 Å². The van der Waals surface area contributed by atoms with Gasteiger partial charge in [-0.2, -0.15) is 5.10 Å². The second-order valence-electron chi connectivity index (χ2n) is 3.81. The van der Waals surface area contributed by atoms with Crippen LogP contribution in [-0.4, -0.2) is 26.3 Å². The maximum Gasteiger partial charge on any atom is 0.310 e. The van der Waals surface area contributed by atoms with Gasteiger partial charge in [0.1, 0.15) is 5.82 Å². The maximum absolute atomic E-state index is 11.2. The van der Waals surface area contributed by atoms with Gasteiger partial charge in [0.2, 0.25) is 0 Å². The summed E-state index contributed by atoms with van der Waals surface area (Å²) in [7, 11) is 0. The van der Waals surface area contributed by atoms with Gasteiger partial charge in [0.25, 0.3) is 0 Å². The second kappa shape index (κ2) is 4.42. The van der Waals surface area contributed by atoms with Gasteiger partial charge in [-0.15, -0.1) is 0 Å². The molecule has 84 valence electrons. The fourth-order valence-corrected chi connectivity index (χ4v) is 1.65. The molecule has 0 saturated carbocycles. The summed E-state index contributed by atoms with van der Waals surface area (Å²) in [6.07, 6.45) is 1.57. The van der Waals surface area contributed by atoms with E-state index in [1.165, 1.54) is 0 Å². The van der Waals surface area contributed by atoms with Gasteiger partial charge in [-0.05, 0) is 19.8 Å². The van der Waals surface area contributed by atoms with E-state index in [9.17, 15) is 9.90 Å². The van der Waals surface area contributed by atoms with Gasteiger partial charge in [0.05, 0.1) is 5.41 Å². The van der Waals surface area contributed by atoms with Crippen molar-refractivity contribution in [3.8, 4) is 0 Å². The number of aryl methyl sites for hydroxylation is 1. The van der Waals surface area contributed by atoms with Crippen LogP contribution in [0.5, 0.6) is 0 Å². The largest absolute Gasteiger partial charge is 0.481 e. The monoisotopic (exact) mass is 211 g/mol. The summed E-state index contributed by atoms with van der Waals surface area (Å²) >= 11 is 0. The smallest absolute Gasteiger partial charge is 0.310 e. The SMILES string of the molecule is CCC(CC)(Cc1n[nH]c(C)n1)C(=O)O. The van der Waals surface area contributed by atoms with Crippen molar-refractivity contribution in [2.45, 2.75) is 40.0 Å². The van der Waals surface area contributed by atoms with Gasteiger partial charge < -0.3 is 5.11 Å². The fourth-order valence-electron chi connectivity index (χ4n) is 1.65. The van der Waals surface area contributed by atoms with Crippen LogP contribution in [0.4, 0.5) is 0 Å². The number of aromatic amines is 1. The zero-order chi connectivity index (χ0) is 11.5. The lowest BCUT2D eigenvalue weighted by Crippen LogP contribution is -2.32. The van der Waals surface area contributed by atoms with E-state index < -0.39 is 11.4 Å². The molecule has 0 unspecified atom stereocenters. The molecule has 0 atom stereocenters. The Morgan fingerprint density at radius 3 is 2.40 bits per heavy atom. The molecule has 0 fully saturated rings. The molecule has 1 aromatic rings. The van der Waals surface area contributed by atoms with Crippen molar-refractivity contribution in [2.75, 3.05) is 0 Å². The van der Waals surface area contributed by atoms with Crippen LogP contribution < -0.4 is 0 Å². The standard InChI is InChI=1S/C10H17N3O2/c1-4-10(5-2,9(14)15)6-8-11-7(3)12-13-8/h4-6H2,1-3H3,(H,14,15)(H,11,12,13). The lowest BCUT2D eigenvalue weighted by atomic mass is 9.79. The van der Waals surface area contributed by atoms with Crippen LogP contribution in [0, 0.1) is 12.3 Å². The van der Waals surface area contributed by atoms with Gasteiger partial charge in [-0.3, -0.25) is 9.89 Å². The first kappa shape index (κ1) is 11.7. The van der Waals surface area contributed by atoms with Crippen molar-refractivity contribution < 1.29 is 9.90 Å². The van der Waals surface area contributed by atoms with E-state index in [2.05, 4.69) is 15.2 Å². The molecule has 5 nitrogen and oxygen atoms in total. The first-order valence-electron chi connectivity index (χ1n) is 5.15. The third-order valence-electron chi connectivity index (χ3n) is 2.95. The predicted molar refractivity (Wildman–Crippen MR) is 55.5 cm³/mol. The quantitative estimate of drug-likeness (QED) is 0.774. The fraction of sp³-hybridized carbons (Fsp3) is 0.700. The maximum atomic E-state index is 11.2. The molecule has 0 amide bonds. The highest BCUT2D eigenvalue weighted by molar-refractivity contribution is 5.74. The van der Waals surface area contributed by atoms with Crippen LogP contribution in [0.2, 0.25) is 0 Å². The van der Waals surface area contributed by atoms with E-state index in [0.29, 0.717) is 25.1 Å². The Labute approximate surface area is 88.9 Å². The average Bonchev–Trinajstić information content (AvgIpc) is 2.60. The number of nitrogens with zero attached hydrogens (tertiary/aromatic N) is 2. The Kier molecular flexibility index (Phi) is 3.44. The Morgan fingerprint density at radius 2 is 2.07 bits per heavy atom. The lowest BCUT2D eigenvalue weighted by Gasteiger charge is -2.24. The molecule has 5 heteroatoms. The Balaban J connectivity index is 2.88. The van der Waals surface area contributed by atoms with Crippen LogP contribution in [0.3, 0.4) is 0 Å². The van der Waals surface area contributed by atoms with Gasteiger partial charge in [-0.1, -0.05) is 13.8 Å². The Bertz CT molecular complexity index is 342. The number of hydrogen-bond acceptors (Lipinski definition) is 3. The van der Waals surface area contributed by atoms with Crippen LogP contribution in [0.15, 0.2) is 0 Å². The first-order valence-corrected chi connectivity index (χ1v) is 5.15. The summed E-state index contributed by atoms with van der Waals surface area (Å²) in [5.74, 6) is 0.532. The Morgan fingerprint density at radius 1 is 1.47 bits per heavy atom. The van der Waals surface area contributed by atoms with E-state index in [1.807, 2.05) is 13.8 Å². The number of carboxylic acids is 1. The number of carbonyl (C=O) groups is 1. The van der Waals surface area contributed by atoms with Crippen LogP contribution in [-0.2, 0) is 11.2 Å². The van der Waals surface area contributed by atoms with Crippen molar-refractivity contribution in [2.24, 2.45) is 5.41 Å². The van der Waals surface area contributed by atoms with Gasteiger partial charge in [0.15, 0.2) is 5.82 Å². The predicted octanol–water partition coefficient (Wildman–Crippen LogP) is 1.55. The zero-order valence-electron chi connectivity index (χ0n) is 9.37. The molecular weight excluding hydrogens is 194 g/mol. The molecule has 0 bridgehead atoms. The van der Waals surface area contributed by atoms with Gasteiger partial charge in [-0.25, -0.2) is 4.98 Å². The van der Waals surface area contributed by atoms with Gasteiger partial charge >= 0.3 is 5.97 Å². The number of aromatic nitrogens is 3. The van der Waals surface area contributed by atoms with Crippen molar-refractivity contribution >= 4 is 5.97 Å². The molecule has 1 heterocycles. The number of nitrogens with one attached hydrogen (secondary N) is 1. The van der Waals surface area contributed by atoms with E-state index >= 15 is 0 Å². The second-order valence-corrected chi connectivity index (χ2v) is 3.81. The summed E-state index contributed by atoms with van der Waals surface area (Å²) in [5, 5.41) is 15.9. The molecule has 0 aliphatic heterocycles. The zero-order valence-corrected chi connectivity index (χ0v) is 9.37. The summed E-state index contributed by atoms with van der Waals surface area (Å²) in [5.41, 5.74) is -0.728. The van der Waals surface area contributed by atoms with Crippen molar-refractivity contribution in [3.05, 3.63) is 11.6 Å². The molecule has 0 aliphatic rings. The highest BCUT2D eigenvalue weighted by Crippen LogP contribution is 2.30. The van der Waals surface area contributed by atoms with E-state index in [4.69, 9.17) is 0 Å². The van der Waals surface area contributed by atoms with E-state index in [-0.39, 0.29) is 0 Å². The summed E-state index contributed by atoms with van der Waals surface area (Å²) in [4.78, 5) is 15.4. The van der Waals surface area contributed by atoms with Crippen LogP contribution in [0.1, 0.15) is 38.3 Å². The molecule has 2 N–H and O–H groups in total. The van der Waals surface area contributed by atoms with Gasteiger partial charge in [0, 0.05) is 6.42 Å². The third kappa shape index (κ3) is 2.34. The topological polar surface area (TPSA) is 78.9 Å². The molecule has 0 spiro atoms. The number of hydrogen-bond donors (Lipinski definition) is 2. The van der Waals surface area contributed by atoms with Crippen LogP contribution in [0.25, 0.3) is 0 Å². The summed E-state index contributed by atoms with van der Waals surface area (Å²) in [6.45, 7) is 5.57. The summed E-state index contributed by atoms with van der Waals surface area (Å²) in [6, 6.07) is 0. The minimum Gasteiger partial charge on any atom is -0.481 e. The third-order valence-corrected chi connectivity index (χ3v) is 2.95. The molecule has 15 heavy (non-hydrogen) atoms. The van der Waals surface area contributed by atoms with Crippen molar-refractivity contribution in [3.63, 3.8) is 0 Å². The molecule has 0 aromatic carbocycles. The molecular formula is C10H17N3O2. The number of H-pyrrole nitrogens is 1. The van der Waals surface area contributed by atoms with Crippen molar-refractivity contribution in [1.29, 1.82) is 0 Å². The molecule has 1 aromatic heterocycles. The van der Waals surface area contributed by atoms with Crippen molar-refractivity contribution in [1.82, 2.24) is 15.2 Å². The molecule has 0 saturated heterocycles. The minimum absolute atomic E-state index is 0.389. The normalized spacial score (nSPS) is 11.7. The summed E-state index contributed by atoms with van der Waals surface area (Å²) < 4.78 is 0. The highest BCUT2D eigenvalue weighted by Gasteiger charge is 2.36. The van der Waals surface area contributed by atoms with E-state index in [0.717, 1.165) is 5.82 Å². The first-order chi connectivity index (χ1) is 7.04. The number of rotatable bonds is 5. The van der Waals surface area contributed by atoms with Crippen LogP contribution >= 0.6 is 0 Å². The highest BCUT2D eigenvalue weighted by atomic mass is 16.4. The minimum atomic E-state index is -0.769. The Hall–Kier alpha value is -1.39. The average molecular weight is 211 g/mol. The number of carboxylic acid groups (broad SMARTS) is 1. The lowest BCUT2D eigenvalue weighted by molar-refractivity contribution is -0.149. The molecule has 0 radical (unpaired) electrons.